The number of halogens is 1. The molecule has 3 saturated heterocycles. The summed E-state index contributed by atoms with van der Waals surface area (Å²) in [6.45, 7) is 5.07. The number of ether oxygens (including phenoxy) is 1. The maximum absolute atomic E-state index is 12.6. The van der Waals surface area contributed by atoms with Gasteiger partial charge in [0, 0.05) is 53.6 Å². The van der Waals surface area contributed by atoms with Gasteiger partial charge in [0.05, 0.1) is 29.5 Å². The number of nitrogens with two attached hydrogens (primary N) is 2. The summed E-state index contributed by atoms with van der Waals surface area (Å²) < 4.78 is 17.8. The van der Waals surface area contributed by atoms with Crippen LogP contribution in [0.15, 0.2) is 18.3 Å². The number of thiophene rings is 1. The number of nitriles is 2. The van der Waals surface area contributed by atoms with Gasteiger partial charge in [-0.3, -0.25) is 4.90 Å². The van der Waals surface area contributed by atoms with Gasteiger partial charge in [0.15, 0.2) is 0 Å². The second-order valence-electron chi connectivity index (χ2n) is 11.4. The van der Waals surface area contributed by atoms with Gasteiger partial charge in [-0.2, -0.15) is 25.5 Å². The molecule has 0 amide bonds. The molecule has 230 valence electrons. The Morgan fingerprint density at radius 2 is 2.09 bits per heavy atom. The molecule has 0 aromatic carbocycles. The summed E-state index contributed by atoms with van der Waals surface area (Å²) in [7, 11) is 1.49. The van der Waals surface area contributed by atoms with E-state index in [1.807, 2.05) is 29.7 Å². The first-order chi connectivity index (χ1) is 21.3. The first-order valence-corrected chi connectivity index (χ1v) is 16.3. The molecule has 1 spiro atoms. The Kier molecular flexibility index (Phi) is 8.37. The van der Waals surface area contributed by atoms with Crippen LogP contribution < -0.4 is 26.0 Å². The van der Waals surface area contributed by atoms with Crippen LogP contribution in [0.2, 0.25) is 0 Å². The highest BCUT2D eigenvalue weighted by Crippen LogP contribution is 2.57. The molecule has 12 nitrogen and oxygen atoms in total. The van der Waals surface area contributed by atoms with E-state index >= 15 is 0 Å². The fourth-order valence-corrected chi connectivity index (χ4v) is 9.37. The predicted octanol–water partition coefficient (Wildman–Crippen LogP) is 3.62. The first-order valence-electron chi connectivity index (χ1n) is 14.5. The normalized spacial score (nSPS) is 21.8. The number of nitrogen functional groups attached to an aromatic ring is 2. The van der Waals surface area contributed by atoms with Gasteiger partial charge in [0.2, 0.25) is 11.9 Å². The van der Waals surface area contributed by atoms with Crippen LogP contribution in [0.5, 0.6) is 6.01 Å². The van der Waals surface area contributed by atoms with E-state index in [4.69, 9.17) is 21.2 Å². The molecule has 0 bridgehead atoms. The predicted molar refractivity (Wildman–Crippen MR) is 169 cm³/mol. The number of methoxy groups -OCH3 is 1. The zero-order valence-corrected chi connectivity index (χ0v) is 26.2. The molecule has 4 aliphatic heterocycles. The Labute approximate surface area is 263 Å². The summed E-state index contributed by atoms with van der Waals surface area (Å²) >= 11 is 3.32. The van der Waals surface area contributed by atoms with Gasteiger partial charge < -0.3 is 26.0 Å². The molecule has 44 heavy (non-hydrogen) atoms. The molecule has 0 radical (unpaired) electrons. The van der Waals surface area contributed by atoms with Crippen LogP contribution in [0.4, 0.5) is 27.1 Å². The van der Waals surface area contributed by atoms with E-state index in [1.54, 1.807) is 17.2 Å². The van der Waals surface area contributed by atoms with Crippen LogP contribution >= 0.6 is 23.1 Å². The highest BCUT2D eigenvalue weighted by molar-refractivity contribution is 8.00. The molecule has 3 unspecified atom stereocenters. The van der Waals surface area contributed by atoms with Crippen molar-refractivity contribution in [3.8, 4) is 18.1 Å². The molecular weight excluding hydrogens is 602 g/mol. The molecular formula is C29H34FN11OS2. The van der Waals surface area contributed by atoms with Crippen molar-refractivity contribution in [2.75, 3.05) is 61.1 Å². The number of hydrogen-bond acceptors (Lipinski definition) is 14. The molecule has 3 fully saturated rings. The monoisotopic (exact) mass is 635 g/mol. The lowest BCUT2D eigenvalue weighted by Crippen LogP contribution is -2.57. The lowest BCUT2D eigenvalue weighted by Gasteiger charge is -2.47. The maximum Gasteiger partial charge on any atom is 0.322 e. The summed E-state index contributed by atoms with van der Waals surface area (Å²) in [5, 5.41) is 19.7. The molecule has 3 atom stereocenters. The molecule has 0 saturated carbocycles. The van der Waals surface area contributed by atoms with Gasteiger partial charge in [-0.1, -0.05) is 6.07 Å². The van der Waals surface area contributed by atoms with E-state index in [0.717, 1.165) is 29.8 Å². The fraction of sp³-hybridized carbons (Fsp3) is 0.517. The summed E-state index contributed by atoms with van der Waals surface area (Å²) in [5.41, 5.74) is 14.6. The third-order valence-electron chi connectivity index (χ3n) is 8.75. The van der Waals surface area contributed by atoms with Crippen molar-refractivity contribution in [3.05, 3.63) is 39.9 Å². The number of aromatic nitrogens is 4. The molecule has 0 aliphatic carbocycles. The van der Waals surface area contributed by atoms with E-state index < -0.39 is 6.17 Å². The zero-order valence-electron chi connectivity index (χ0n) is 24.6. The van der Waals surface area contributed by atoms with Crippen LogP contribution in [0.3, 0.4) is 0 Å². The van der Waals surface area contributed by atoms with Crippen LogP contribution in [-0.2, 0) is 10.5 Å². The fourth-order valence-electron chi connectivity index (χ4n) is 6.56. The van der Waals surface area contributed by atoms with Crippen LogP contribution in [0.25, 0.3) is 0 Å². The summed E-state index contributed by atoms with van der Waals surface area (Å²) in [4.78, 5) is 25.0. The van der Waals surface area contributed by atoms with E-state index in [1.165, 1.54) is 36.2 Å². The number of thioether (sulfide) groups is 1. The number of rotatable bonds is 6. The van der Waals surface area contributed by atoms with Crippen molar-refractivity contribution >= 4 is 45.8 Å². The van der Waals surface area contributed by atoms with Crippen molar-refractivity contribution in [2.24, 2.45) is 0 Å². The van der Waals surface area contributed by atoms with Gasteiger partial charge in [0.1, 0.15) is 29.6 Å². The largest absolute Gasteiger partial charge is 0.467 e. The van der Waals surface area contributed by atoms with E-state index in [9.17, 15) is 14.9 Å². The Morgan fingerprint density at radius 3 is 2.80 bits per heavy atom. The SMILES string of the molecule is COc1nc(N2CC3(C2)SCc2sc(N)c(C#N)c23)nc(N(CC#N)C(C)c2cccnc2N)n1.FC1CC2CCCN2C1. The van der Waals surface area contributed by atoms with Crippen molar-refractivity contribution in [2.45, 2.75) is 54.9 Å². The van der Waals surface area contributed by atoms with Crippen LogP contribution in [-0.4, -0.2) is 76.9 Å². The Morgan fingerprint density at radius 1 is 1.27 bits per heavy atom. The maximum atomic E-state index is 12.6. The number of anilines is 4. The lowest BCUT2D eigenvalue weighted by atomic mass is 9.88. The smallest absolute Gasteiger partial charge is 0.322 e. The van der Waals surface area contributed by atoms with Gasteiger partial charge in [-0.15, -0.1) is 23.1 Å². The van der Waals surface area contributed by atoms with E-state index in [2.05, 4.69) is 32.0 Å². The molecule has 3 aromatic rings. The Hall–Kier alpha value is -3.92. The third-order valence-corrected chi connectivity index (χ3v) is 11.4. The van der Waals surface area contributed by atoms with Crippen LogP contribution in [0, 0.1) is 22.7 Å². The minimum Gasteiger partial charge on any atom is -0.467 e. The standard InChI is InChI=1S/C22H22N10OS2.C7H12FN/c1-12(13-4-3-6-27-17(13)25)32(7-5-23)20-28-19(29-21(30-20)33-2)31-10-22(11-31)16-14(8-24)18(26)35-15(16)9-34-22;8-6-4-7-2-1-3-9(7)5-6/h3-4,6,12H,7,9-11,26H2,1-2H3,(H2,25,27);6-7H,1-5H2. The minimum atomic E-state index is -0.518. The van der Waals surface area contributed by atoms with E-state index in [-0.39, 0.29) is 23.3 Å². The van der Waals surface area contributed by atoms with Crippen molar-refractivity contribution in [3.63, 3.8) is 0 Å². The number of hydrogen-bond donors (Lipinski definition) is 2. The van der Waals surface area contributed by atoms with Crippen molar-refractivity contribution in [1.29, 1.82) is 10.5 Å². The zero-order chi connectivity index (χ0) is 31.0. The third kappa shape index (κ3) is 5.44. The molecule has 7 heterocycles. The highest BCUT2D eigenvalue weighted by Gasteiger charge is 2.53. The summed E-state index contributed by atoms with van der Waals surface area (Å²) in [5.74, 6) is 1.97. The second-order valence-corrected chi connectivity index (χ2v) is 13.9. The molecule has 7 rings (SSSR count). The van der Waals surface area contributed by atoms with Gasteiger partial charge in [-0.05, 0) is 38.8 Å². The average molecular weight is 636 g/mol. The van der Waals surface area contributed by atoms with Crippen molar-refractivity contribution in [1.82, 2.24) is 24.8 Å². The number of pyridine rings is 1. The first kappa shape index (κ1) is 30.1. The number of fused-ring (bicyclic) bond motifs is 3. The average Bonchev–Trinajstić information content (AvgIpc) is 3.75. The molecule has 4 aliphatic rings. The topological polar surface area (TPSA) is 170 Å². The van der Waals surface area contributed by atoms with Crippen molar-refractivity contribution < 1.29 is 9.13 Å². The summed E-state index contributed by atoms with van der Waals surface area (Å²) in [6.07, 6.45) is 4.43. The second kappa shape index (κ2) is 12.2. The number of nitrogens with zero attached hydrogens (tertiary/aromatic N) is 9. The van der Waals surface area contributed by atoms with Gasteiger partial charge >= 0.3 is 6.01 Å². The van der Waals surface area contributed by atoms with Gasteiger partial charge in [-0.25, -0.2) is 9.37 Å². The van der Waals surface area contributed by atoms with E-state index in [0.29, 0.717) is 54.0 Å². The summed E-state index contributed by atoms with van der Waals surface area (Å²) in [6, 6.07) is 8.57. The highest BCUT2D eigenvalue weighted by atomic mass is 32.2. The number of alkyl halides is 1. The van der Waals surface area contributed by atoms with Crippen LogP contribution in [0.1, 0.15) is 53.8 Å². The molecule has 15 heteroatoms. The Balaban J connectivity index is 0.000000323. The van der Waals surface area contributed by atoms with Gasteiger partial charge in [0.25, 0.3) is 0 Å². The lowest BCUT2D eigenvalue weighted by molar-refractivity contribution is 0.292. The Bertz CT molecular complexity index is 1600. The molecule has 4 N–H and O–H groups in total. The quantitative estimate of drug-likeness (QED) is 0.377. The minimum absolute atomic E-state index is 0.0327. The molecule has 3 aromatic heterocycles.